The predicted molar refractivity (Wildman–Crippen MR) is 89.0 cm³/mol. The van der Waals surface area contributed by atoms with Gasteiger partial charge in [0.15, 0.2) is 15.8 Å². The van der Waals surface area contributed by atoms with Crippen molar-refractivity contribution in [2.24, 2.45) is 0 Å². The van der Waals surface area contributed by atoms with Crippen LogP contribution in [0, 0.1) is 6.92 Å². The van der Waals surface area contributed by atoms with Gasteiger partial charge in [-0.1, -0.05) is 17.8 Å². The number of nitrogens with zero attached hydrogens (tertiary/aromatic N) is 1. The number of methoxy groups -OCH3 is 2. The van der Waals surface area contributed by atoms with Crippen LogP contribution in [0.1, 0.15) is 11.3 Å². The van der Waals surface area contributed by atoms with Gasteiger partial charge in [-0.2, -0.15) is 0 Å². The van der Waals surface area contributed by atoms with E-state index in [1.165, 1.54) is 11.8 Å². The first-order valence-corrected chi connectivity index (χ1v) is 8.51. The van der Waals surface area contributed by atoms with Crippen LogP contribution in [0.25, 0.3) is 0 Å². The molecule has 7 heteroatoms. The van der Waals surface area contributed by atoms with Gasteiger partial charge in [-0.05, 0) is 24.6 Å². The van der Waals surface area contributed by atoms with Gasteiger partial charge in [0.2, 0.25) is 5.91 Å². The molecular weight excluding hydrogens is 320 g/mol. The second-order valence-electron chi connectivity index (χ2n) is 4.51. The summed E-state index contributed by atoms with van der Waals surface area (Å²) in [4.78, 5) is 16.2. The van der Waals surface area contributed by atoms with E-state index in [-0.39, 0.29) is 5.91 Å². The lowest BCUT2D eigenvalue weighted by Crippen LogP contribution is -2.24. The summed E-state index contributed by atoms with van der Waals surface area (Å²) in [5.74, 6) is 1.67. The highest BCUT2D eigenvalue weighted by Crippen LogP contribution is 2.27. The Morgan fingerprint density at radius 3 is 2.73 bits per heavy atom. The van der Waals surface area contributed by atoms with Gasteiger partial charge in [0.05, 0.1) is 20.0 Å². The number of ether oxygens (including phenoxy) is 2. The molecule has 1 aromatic carbocycles. The van der Waals surface area contributed by atoms with E-state index in [9.17, 15) is 4.79 Å². The maximum absolute atomic E-state index is 11.9. The molecule has 0 aliphatic carbocycles. The van der Waals surface area contributed by atoms with Gasteiger partial charge in [0, 0.05) is 17.6 Å². The van der Waals surface area contributed by atoms with E-state index in [4.69, 9.17) is 9.47 Å². The van der Waals surface area contributed by atoms with Crippen LogP contribution >= 0.6 is 23.1 Å². The molecule has 0 saturated heterocycles. The van der Waals surface area contributed by atoms with Crippen molar-refractivity contribution < 1.29 is 14.3 Å². The maximum atomic E-state index is 11.9. The Balaban J connectivity index is 1.83. The summed E-state index contributed by atoms with van der Waals surface area (Å²) in [7, 11) is 3.18. The summed E-state index contributed by atoms with van der Waals surface area (Å²) in [5.41, 5.74) is 1.94. The van der Waals surface area contributed by atoms with Crippen molar-refractivity contribution in [3.05, 3.63) is 34.8 Å². The van der Waals surface area contributed by atoms with Crippen LogP contribution in [-0.4, -0.2) is 30.9 Å². The molecule has 0 fully saturated rings. The smallest absolute Gasteiger partial charge is 0.230 e. The first-order chi connectivity index (χ1) is 10.6. The third-order valence-corrected chi connectivity index (χ3v) is 5.00. The molecule has 0 saturated carbocycles. The van der Waals surface area contributed by atoms with Crippen molar-refractivity contribution in [1.29, 1.82) is 0 Å². The molecule has 118 valence electrons. The van der Waals surface area contributed by atoms with Crippen LogP contribution in [-0.2, 0) is 11.3 Å². The van der Waals surface area contributed by atoms with E-state index >= 15 is 0 Å². The Labute approximate surface area is 138 Å². The number of hydrogen-bond acceptors (Lipinski definition) is 6. The molecule has 1 N–H and O–H groups in total. The Morgan fingerprint density at radius 2 is 2.09 bits per heavy atom. The highest BCUT2D eigenvalue weighted by atomic mass is 32.2. The molecule has 22 heavy (non-hydrogen) atoms. The highest BCUT2D eigenvalue weighted by molar-refractivity contribution is 8.01. The molecule has 0 atom stereocenters. The number of nitrogens with one attached hydrogen (secondary N) is 1. The van der Waals surface area contributed by atoms with E-state index in [1.54, 1.807) is 25.6 Å². The van der Waals surface area contributed by atoms with E-state index < -0.39 is 0 Å². The standard InChI is InChI=1S/C15H18N2O3S2/c1-10-8-21-15(17-10)22-9-14(18)16-7-11-4-5-12(19-2)13(6-11)20-3/h4-6,8H,7,9H2,1-3H3,(H,16,18). The van der Waals surface area contributed by atoms with Crippen molar-refractivity contribution in [2.45, 2.75) is 17.8 Å². The fourth-order valence-corrected chi connectivity index (χ4v) is 3.45. The topological polar surface area (TPSA) is 60.5 Å². The number of thioether (sulfide) groups is 1. The number of rotatable bonds is 7. The van der Waals surface area contributed by atoms with Crippen molar-refractivity contribution in [3.63, 3.8) is 0 Å². The molecule has 0 radical (unpaired) electrons. The normalized spacial score (nSPS) is 10.3. The van der Waals surface area contributed by atoms with Crippen molar-refractivity contribution in [2.75, 3.05) is 20.0 Å². The number of hydrogen-bond donors (Lipinski definition) is 1. The predicted octanol–water partition coefficient (Wildman–Crippen LogP) is 2.88. The minimum Gasteiger partial charge on any atom is -0.493 e. The zero-order valence-electron chi connectivity index (χ0n) is 12.7. The van der Waals surface area contributed by atoms with Crippen LogP contribution in [0.2, 0.25) is 0 Å². The molecule has 2 rings (SSSR count). The van der Waals surface area contributed by atoms with Gasteiger partial charge in [0.25, 0.3) is 0 Å². The number of thiazole rings is 1. The van der Waals surface area contributed by atoms with Crippen LogP contribution in [0.5, 0.6) is 11.5 Å². The summed E-state index contributed by atoms with van der Waals surface area (Å²) in [6.45, 7) is 2.40. The lowest BCUT2D eigenvalue weighted by molar-refractivity contribution is -0.118. The van der Waals surface area contributed by atoms with E-state index in [0.29, 0.717) is 23.8 Å². The van der Waals surface area contributed by atoms with Crippen molar-refractivity contribution in [3.8, 4) is 11.5 Å². The zero-order valence-corrected chi connectivity index (χ0v) is 14.3. The molecule has 1 amide bonds. The van der Waals surface area contributed by atoms with E-state index in [2.05, 4.69) is 10.3 Å². The van der Waals surface area contributed by atoms with Crippen LogP contribution in [0.4, 0.5) is 0 Å². The summed E-state index contributed by atoms with van der Waals surface area (Å²) in [6.07, 6.45) is 0. The molecule has 5 nitrogen and oxygen atoms in total. The van der Waals surface area contributed by atoms with Crippen LogP contribution in [0.15, 0.2) is 27.9 Å². The van der Waals surface area contributed by atoms with Gasteiger partial charge < -0.3 is 14.8 Å². The summed E-state index contributed by atoms with van der Waals surface area (Å²) < 4.78 is 11.3. The van der Waals surface area contributed by atoms with E-state index in [1.807, 2.05) is 30.5 Å². The fraction of sp³-hybridized carbons (Fsp3) is 0.333. The third kappa shape index (κ3) is 4.64. The highest BCUT2D eigenvalue weighted by Gasteiger charge is 2.08. The monoisotopic (exact) mass is 338 g/mol. The van der Waals surface area contributed by atoms with Crippen LogP contribution < -0.4 is 14.8 Å². The van der Waals surface area contributed by atoms with Gasteiger partial charge in [-0.25, -0.2) is 4.98 Å². The fourth-order valence-electron chi connectivity index (χ4n) is 1.77. The summed E-state index contributed by atoms with van der Waals surface area (Å²) >= 11 is 3.01. The molecular formula is C15H18N2O3S2. The average Bonchev–Trinajstić information content (AvgIpc) is 2.96. The Bertz CT molecular complexity index is 643. The zero-order chi connectivity index (χ0) is 15.9. The minimum atomic E-state index is -0.0207. The van der Waals surface area contributed by atoms with Crippen LogP contribution in [0.3, 0.4) is 0 Å². The first-order valence-electron chi connectivity index (χ1n) is 6.65. The lowest BCUT2D eigenvalue weighted by atomic mass is 10.2. The largest absolute Gasteiger partial charge is 0.493 e. The Morgan fingerprint density at radius 1 is 1.32 bits per heavy atom. The molecule has 1 aromatic heterocycles. The minimum absolute atomic E-state index is 0.0207. The lowest BCUT2D eigenvalue weighted by Gasteiger charge is -2.10. The maximum Gasteiger partial charge on any atom is 0.230 e. The number of aromatic nitrogens is 1. The van der Waals surface area contributed by atoms with E-state index in [0.717, 1.165) is 15.6 Å². The van der Waals surface area contributed by atoms with Crippen molar-refractivity contribution in [1.82, 2.24) is 10.3 Å². The second-order valence-corrected chi connectivity index (χ2v) is 6.59. The molecule has 0 spiro atoms. The number of carbonyl (C=O) groups excluding carboxylic acids is 1. The number of amides is 1. The second kappa shape index (κ2) is 8.05. The Kier molecular flexibility index (Phi) is 6.09. The molecule has 2 aromatic rings. The molecule has 0 aliphatic heterocycles. The van der Waals surface area contributed by atoms with Crippen molar-refractivity contribution >= 4 is 29.0 Å². The number of benzene rings is 1. The first kappa shape index (κ1) is 16.6. The number of aryl methyl sites for hydroxylation is 1. The Hall–Kier alpha value is -1.73. The van der Waals surface area contributed by atoms with Gasteiger partial charge in [0.1, 0.15) is 0 Å². The summed E-state index contributed by atoms with van der Waals surface area (Å²) in [6, 6.07) is 5.59. The van der Waals surface area contributed by atoms with Gasteiger partial charge in [-0.15, -0.1) is 11.3 Å². The van der Waals surface area contributed by atoms with Gasteiger partial charge >= 0.3 is 0 Å². The molecule has 0 unspecified atom stereocenters. The van der Waals surface area contributed by atoms with Gasteiger partial charge in [-0.3, -0.25) is 4.79 Å². The summed E-state index contributed by atoms with van der Waals surface area (Å²) in [5, 5.41) is 4.86. The SMILES string of the molecule is COc1ccc(CNC(=O)CSc2nc(C)cs2)cc1OC. The third-order valence-electron chi connectivity index (χ3n) is 2.86. The quantitative estimate of drug-likeness (QED) is 0.787. The average molecular weight is 338 g/mol. The molecule has 0 aliphatic rings. The molecule has 1 heterocycles. The molecule has 0 bridgehead atoms. The number of carbonyl (C=O) groups is 1.